The summed E-state index contributed by atoms with van der Waals surface area (Å²) < 4.78 is 0. The molecule has 0 heterocycles. The van der Waals surface area contributed by atoms with Crippen LogP contribution in [0.15, 0.2) is 42.5 Å². The Bertz CT molecular complexity index is 608. The van der Waals surface area contributed by atoms with Gasteiger partial charge in [0.15, 0.2) is 0 Å². The second-order valence-corrected chi connectivity index (χ2v) is 5.73. The van der Waals surface area contributed by atoms with Crippen molar-refractivity contribution in [3.05, 3.63) is 48.0 Å². The number of carbonyl (C=O) groups is 1. The molecule has 0 atom stereocenters. The van der Waals surface area contributed by atoms with Gasteiger partial charge in [0.2, 0.25) is 0 Å². The summed E-state index contributed by atoms with van der Waals surface area (Å²) in [6.07, 6.45) is 6.10. The fourth-order valence-corrected chi connectivity index (χ4v) is 3.24. The van der Waals surface area contributed by atoms with Crippen LogP contribution < -0.4 is 0 Å². The highest BCUT2D eigenvalue weighted by Crippen LogP contribution is 2.25. The molecule has 1 aliphatic rings. The summed E-state index contributed by atoms with van der Waals surface area (Å²) in [6.45, 7) is 0. The first-order chi connectivity index (χ1) is 9.77. The SMILES string of the molecule is CN(C(=O)c1cccc2ccccc12)C1CCCCC1. The quantitative estimate of drug-likeness (QED) is 0.796. The Balaban J connectivity index is 1.92. The summed E-state index contributed by atoms with van der Waals surface area (Å²) in [4.78, 5) is 14.7. The van der Waals surface area contributed by atoms with Crippen molar-refractivity contribution in [2.75, 3.05) is 7.05 Å². The summed E-state index contributed by atoms with van der Waals surface area (Å²) in [5.41, 5.74) is 0.830. The Kier molecular flexibility index (Phi) is 3.72. The normalized spacial score (nSPS) is 16.2. The smallest absolute Gasteiger partial charge is 0.254 e. The van der Waals surface area contributed by atoms with Gasteiger partial charge in [0, 0.05) is 18.7 Å². The van der Waals surface area contributed by atoms with Gasteiger partial charge in [-0.05, 0) is 29.7 Å². The van der Waals surface area contributed by atoms with Gasteiger partial charge in [-0.1, -0.05) is 55.7 Å². The van der Waals surface area contributed by atoms with Crippen LogP contribution in [0.25, 0.3) is 10.8 Å². The van der Waals surface area contributed by atoms with Gasteiger partial charge in [0.25, 0.3) is 5.91 Å². The number of fused-ring (bicyclic) bond motifs is 1. The first-order valence-corrected chi connectivity index (χ1v) is 7.52. The molecule has 0 aromatic heterocycles. The number of rotatable bonds is 2. The van der Waals surface area contributed by atoms with E-state index in [0.717, 1.165) is 29.2 Å². The molecule has 2 heteroatoms. The average molecular weight is 267 g/mol. The minimum absolute atomic E-state index is 0.161. The molecule has 0 unspecified atom stereocenters. The highest BCUT2D eigenvalue weighted by atomic mass is 16.2. The zero-order valence-corrected chi connectivity index (χ0v) is 12.0. The number of hydrogen-bond acceptors (Lipinski definition) is 1. The monoisotopic (exact) mass is 267 g/mol. The molecule has 0 aliphatic heterocycles. The van der Waals surface area contributed by atoms with Crippen molar-refractivity contribution in [3.63, 3.8) is 0 Å². The molecule has 0 saturated heterocycles. The van der Waals surface area contributed by atoms with Gasteiger partial charge in [0.05, 0.1) is 0 Å². The number of hydrogen-bond donors (Lipinski definition) is 0. The summed E-state index contributed by atoms with van der Waals surface area (Å²) in [5, 5.41) is 2.19. The van der Waals surface area contributed by atoms with Crippen LogP contribution in [-0.2, 0) is 0 Å². The summed E-state index contributed by atoms with van der Waals surface area (Å²) >= 11 is 0. The molecule has 0 spiro atoms. The Morgan fingerprint density at radius 3 is 2.50 bits per heavy atom. The van der Waals surface area contributed by atoms with E-state index in [2.05, 4.69) is 12.1 Å². The zero-order valence-electron chi connectivity index (χ0n) is 12.0. The minimum atomic E-state index is 0.161. The average Bonchev–Trinajstić information content (AvgIpc) is 2.54. The third-order valence-corrected chi connectivity index (χ3v) is 4.46. The van der Waals surface area contributed by atoms with E-state index < -0.39 is 0 Å². The molecular weight excluding hydrogens is 246 g/mol. The van der Waals surface area contributed by atoms with Gasteiger partial charge in [-0.25, -0.2) is 0 Å². The lowest BCUT2D eigenvalue weighted by Crippen LogP contribution is -2.38. The van der Waals surface area contributed by atoms with Crippen molar-refractivity contribution in [2.24, 2.45) is 0 Å². The Morgan fingerprint density at radius 2 is 1.70 bits per heavy atom. The first kappa shape index (κ1) is 13.2. The van der Waals surface area contributed by atoms with Crippen LogP contribution in [0.1, 0.15) is 42.5 Å². The van der Waals surface area contributed by atoms with Gasteiger partial charge in [0.1, 0.15) is 0 Å². The van der Waals surface area contributed by atoms with Crippen molar-refractivity contribution >= 4 is 16.7 Å². The van der Waals surface area contributed by atoms with Crippen molar-refractivity contribution < 1.29 is 4.79 Å². The highest BCUT2D eigenvalue weighted by Gasteiger charge is 2.23. The van der Waals surface area contributed by atoms with Crippen molar-refractivity contribution in [1.29, 1.82) is 0 Å². The molecule has 2 nitrogen and oxygen atoms in total. The van der Waals surface area contributed by atoms with Crippen LogP contribution in [0.2, 0.25) is 0 Å². The minimum Gasteiger partial charge on any atom is -0.339 e. The molecule has 2 aromatic rings. The first-order valence-electron chi connectivity index (χ1n) is 7.52. The molecule has 1 aliphatic carbocycles. The van der Waals surface area contributed by atoms with Crippen LogP contribution in [0.4, 0.5) is 0 Å². The van der Waals surface area contributed by atoms with E-state index in [-0.39, 0.29) is 5.91 Å². The van der Waals surface area contributed by atoms with Gasteiger partial charge >= 0.3 is 0 Å². The fraction of sp³-hybridized carbons (Fsp3) is 0.389. The lowest BCUT2D eigenvalue weighted by Gasteiger charge is -2.31. The van der Waals surface area contributed by atoms with Gasteiger partial charge in [-0.2, -0.15) is 0 Å². The maximum Gasteiger partial charge on any atom is 0.254 e. The van der Waals surface area contributed by atoms with E-state index in [1.54, 1.807) is 0 Å². The standard InChI is InChI=1S/C18H21NO/c1-19(15-10-3-2-4-11-15)18(20)17-13-7-9-14-8-5-6-12-16(14)17/h5-9,12-13,15H,2-4,10-11H2,1H3. The Hall–Kier alpha value is -1.83. The maximum absolute atomic E-state index is 12.8. The third kappa shape index (κ3) is 2.43. The molecule has 2 aromatic carbocycles. The Labute approximate surface area is 120 Å². The van der Waals surface area contributed by atoms with Crippen LogP contribution in [0.5, 0.6) is 0 Å². The number of benzene rings is 2. The number of carbonyl (C=O) groups excluding carboxylic acids is 1. The summed E-state index contributed by atoms with van der Waals surface area (Å²) in [6, 6.07) is 14.5. The van der Waals surface area contributed by atoms with E-state index in [4.69, 9.17) is 0 Å². The van der Waals surface area contributed by atoms with E-state index >= 15 is 0 Å². The van der Waals surface area contributed by atoms with Gasteiger partial charge in [-0.3, -0.25) is 4.79 Å². The van der Waals surface area contributed by atoms with E-state index in [1.165, 1.54) is 19.3 Å². The maximum atomic E-state index is 12.8. The molecule has 1 saturated carbocycles. The molecule has 0 bridgehead atoms. The van der Waals surface area contributed by atoms with E-state index in [9.17, 15) is 4.79 Å². The van der Waals surface area contributed by atoms with Crippen molar-refractivity contribution in [1.82, 2.24) is 4.90 Å². The predicted molar refractivity (Wildman–Crippen MR) is 82.9 cm³/mol. The zero-order chi connectivity index (χ0) is 13.9. The largest absolute Gasteiger partial charge is 0.339 e. The van der Waals surface area contributed by atoms with Gasteiger partial charge < -0.3 is 4.90 Å². The number of nitrogens with zero attached hydrogens (tertiary/aromatic N) is 1. The Morgan fingerprint density at radius 1 is 1.00 bits per heavy atom. The van der Waals surface area contributed by atoms with Crippen molar-refractivity contribution in [3.8, 4) is 0 Å². The highest BCUT2D eigenvalue weighted by molar-refractivity contribution is 6.07. The fourth-order valence-electron chi connectivity index (χ4n) is 3.24. The molecule has 104 valence electrons. The predicted octanol–water partition coefficient (Wildman–Crippen LogP) is 4.24. The third-order valence-electron chi connectivity index (χ3n) is 4.46. The van der Waals surface area contributed by atoms with Crippen molar-refractivity contribution in [2.45, 2.75) is 38.1 Å². The molecule has 0 N–H and O–H groups in total. The lowest BCUT2D eigenvalue weighted by molar-refractivity contribution is 0.0698. The summed E-state index contributed by atoms with van der Waals surface area (Å²) in [7, 11) is 1.96. The molecule has 1 fully saturated rings. The molecule has 0 radical (unpaired) electrons. The molecule has 1 amide bonds. The topological polar surface area (TPSA) is 20.3 Å². The summed E-state index contributed by atoms with van der Waals surface area (Å²) in [5.74, 6) is 0.161. The molecule has 20 heavy (non-hydrogen) atoms. The van der Waals surface area contributed by atoms with Gasteiger partial charge in [-0.15, -0.1) is 0 Å². The van der Waals surface area contributed by atoms with Crippen LogP contribution in [-0.4, -0.2) is 23.9 Å². The van der Waals surface area contributed by atoms with Crippen LogP contribution >= 0.6 is 0 Å². The molecular formula is C18H21NO. The molecule has 3 rings (SSSR count). The second-order valence-electron chi connectivity index (χ2n) is 5.73. The van der Waals surface area contributed by atoms with Crippen LogP contribution in [0, 0.1) is 0 Å². The second kappa shape index (κ2) is 5.66. The number of amides is 1. The lowest BCUT2D eigenvalue weighted by atomic mass is 9.93. The van der Waals surface area contributed by atoms with E-state index in [1.807, 2.05) is 42.3 Å². The van der Waals surface area contributed by atoms with Crippen LogP contribution in [0.3, 0.4) is 0 Å². The van der Waals surface area contributed by atoms with E-state index in [0.29, 0.717) is 6.04 Å².